The number of anilines is 1. The Labute approximate surface area is 246 Å². The van der Waals surface area contributed by atoms with Gasteiger partial charge < -0.3 is 33.4 Å². The van der Waals surface area contributed by atoms with Crippen LogP contribution in [0.25, 0.3) is 22.3 Å². The number of esters is 1. The zero-order chi connectivity index (χ0) is 29.8. The van der Waals surface area contributed by atoms with Crippen molar-refractivity contribution in [3.8, 4) is 34.3 Å². The number of carbonyl (C=O) groups excluding carboxylic acids is 2. The van der Waals surface area contributed by atoms with Crippen LogP contribution in [0.15, 0.2) is 45.6 Å². The first-order chi connectivity index (χ1) is 20.4. The third-order valence-corrected chi connectivity index (χ3v) is 8.13. The van der Waals surface area contributed by atoms with Crippen molar-refractivity contribution in [2.45, 2.75) is 32.6 Å². The summed E-state index contributed by atoms with van der Waals surface area (Å²) < 4.78 is 33.2. The molecule has 1 N–H and O–H groups in total. The van der Waals surface area contributed by atoms with E-state index in [-0.39, 0.29) is 18.6 Å². The van der Waals surface area contributed by atoms with Crippen LogP contribution in [0.5, 0.6) is 23.0 Å². The lowest BCUT2D eigenvalue weighted by Gasteiger charge is -2.14. The van der Waals surface area contributed by atoms with Crippen LogP contribution >= 0.6 is 11.3 Å². The van der Waals surface area contributed by atoms with Gasteiger partial charge in [-0.3, -0.25) is 9.59 Å². The molecule has 2 aromatic carbocycles. The summed E-state index contributed by atoms with van der Waals surface area (Å²) in [5.41, 5.74) is 2.02. The average molecular weight is 594 g/mol. The summed E-state index contributed by atoms with van der Waals surface area (Å²) in [6.07, 6.45) is 3.70. The molecular weight excluding hydrogens is 562 g/mol. The minimum absolute atomic E-state index is 0.250. The Kier molecular flexibility index (Phi) is 8.67. The number of amides is 1. The second-order valence-electron chi connectivity index (χ2n) is 9.52. The van der Waals surface area contributed by atoms with E-state index >= 15 is 0 Å². The first-order valence-electron chi connectivity index (χ1n) is 13.5. The number of thiophene rings is 1. The molecule has 1 aliphatic carbocycles. The Balaban J connectivity index is 1.34. The minimum atomic E-state index is -0.430. The maximum absolute atomic E-state index is 13.1. The van der Waals surface area contributed by atoms with Gasteiger partial charge >= 0.3 is 5.97 Å². The van der Waals surface area contributed by atoms with E-state index in [9.17, 15) is 14.4 Å². The normalized spacial score (nSPS) is 12.4. The van der Waals surface area contributed by atoms with E-state index in [2.05, 4.69) is 5.32 Å². The number of hydrogen-bond acceptors (Lipinski definition) is 10. The Morgan fingerprint density at radius 1 is 0.976 bits per heavy atom. The van der Waals surface area contributed by atoms with Crippen LogP contribution in [0.3, 0.4) is 0 Å². The van der Waals surface area contributed by atoms with Crippen molar-refractivity contribution in [3.05, 3.63) is 62.6 Å². The van der Waals surface area contributed by atoms with Crippen LogP contribution in [-0.2, 0) is 22.4 Å². The molecule has 0 unspecified atom stereocenters. The van der Waals surface area contributed by atoms with E-state index in [0.717, 1.165) is 36.1 Å². The highest BCUT2D eigenvalue weighted by Gasteiger charge is 2.27. The molecule has 1 aliphatic rings. The van der Waals surface area contributed by atoms with Crippen LogP contribution in [0, 0.1) is 0 Å². The lowest BCUT2D eigenvalue weighted by atomic mass is 9.95. The van der Waals surface area contributed by atoms with Crippen molar-refractivity contribution < 1.29 is 37.7 Å². The van der Waals surface area contributed by atoms with E-state index in [1.807, 2.05) is 0 Å². The van der Waals surface area contributed by atoms with Gasteiger partial charge in [0.2, 0.25) is 5.75 Å². The van der Waals surface area contributed by atoms with Crippen LogP contribution in [-0.4, -0.2) is 46.4 Å². The average Bonchev–Trinajstić information content (AvgIpc) is 3.37. The van der Waals surface area contributed by atoms with Crippen molar-refractivity contribution >= 4 is 39.2 Å². The Hall–Kier alpha value is -4.51. The monoisotopic (exact) mass is 593 g/mol. The molecule has 4 aromatic rings. The number of benzene rings is 2. The van der Waals surface area contributed by atoms with Gasteiger partial charge in [-0.05, 0) is 68.5 Å². The van der Waals surface area contributed by atoms with Crippen molar-refractivity contribution in [3.63, 3.8) is 0 Å². The molecule has 0 bridgehead atoms. The molecule has 42 heavy (non-hydrogen) atoms. The summed E-state index contributed by atoms with van der Waals surface area (Å²) >= 11 is 1.41. The highest BCUT2D eigenvalue weighted by molar-refractivity contribution is 7.17. The van der Waals surface area contributed by atoms with Crippen LogP contribution in [0.2, 0.25) is 0 Å². The first-order valence-corrected chi connectivity index (χ1v) is 14.3. The molecule has 1 amide bonds. The topological polar surface area (TPSA) is 123 Å². The molecule has 2 aromatic heterocycles. The van der Waals surface area contributed by atoms with Gasteiger partial charge in [0.15, 0.2) is 23.5 Å². The smallest absolute Gasteiger partial charge is 0.341 e. The second-order valence-corrected chi connectivity index (χ2v) is 10.6. The Morgan fingerprint density at radius 3 is 2.40 bits per heavy atom. The minimum Gasteiger partial charge on any atom is -0.493 e. The fourth-order valence-electron chi connectivity index (χ4n) is 4.98. The molecule has 0 radical (unpaired) electrons. The predicted molar refractivity (Wildman–Crippen MR) is 159 cm³/mol. The van der Waals surface area contributed by atoms with Gasteiger partial charge in [-0.1, -0.05) is 0 Å². The first kappa shape index (κ1) is 29.0. The number of ether oxygens (including phenoxy) is 5. The largest absolute Gasteiger partial charge is 0.493 e. The summed E-state index contributed by atoms with van der Waals surface area (Å²) in [6.45, 7) is 1.69. The second kappa shape index (κ2) is 12.6. The quantitative estimate of drug-likeness (QED) is 0.233. The fourth-order valence-corrected chi connectivity index (χ4v) is 6.27. The number of hydrogen-bond donors (Lipinski definition) is 1. The number of methoxy groups -OCH3 is 3. The highest BCUT2D eigenvalue weighted by Crippen LogP contribution is 2.41. The van der Waals surface area contributed by atoms with Gasteiger partial charge in [0.1, 0.15) is 22.1 Å². The van der Waals surface area contributed by atoms with Crippen molar-refractivity contribution in [1.82, 2.24) is 0 Å². The van der Waals surface area contributed by atoms with Crippen molar-refractivity contribution in [2.24, 2.45) is 0 Å². The molecule has 0 atom stereocenters. The van der Waals surface area contributed by atoms with Crippen LogP contribution in [0.4, 0.5) is 5.00 Å². The molecule has 2 heterocycles. The van der Waals surface area contributed by atoms with Gasteiger partial charge in [-0.2, -0.15) is 0 Å². The van der Waals surface area contributed by atoms with Gasteiger partial charge in [0.25, 0.3) is 5.91 Å². The molecule has 0 saturated carbocycles. The van der Waals surface area contributed by atoms with Gasteiger partial charge in [0, 0.05) is 16.5 Å². The standard InChI is InChI=1S/C31H31NO9S/c1-5-39-31(35)28-19-8-6-7-9-26(19)42-30(28)32-27(34)16-40-18-10-11-22-20(14-18)21(33)15-23(41-22)17-12-24(36-2)29(38-4)25(13-17)37-3/h10-15H,5-9,16H2,1-4H3,(H,32,34). The Morgan fingerprint density at radius 2 is 1.71 bits per heavy atom. The predicted octanol–water partition coefficient (Wildman–Crippen LogP) is 5.62. The zero-order valence-corrected chi connectivity index (χ0v) is 24.6. The molecule has 0 spiro atoms. The van der Waals surface area contributed by atoms with E-state index in [4.69, 9.17) is 28.1 Å². The number of carbonyl (C=O) groups is 2. The summed E-state index contributed by atoms with van der Waals surface area (Å²) in [5, 5.41) is 3.59. The molecule has 0 aliphatic heterocycles. The maximum Gasteiger partial charge on any atom is 0.341 e. The van der Waals surface area contributed by atoms with Crippen LogP contribution < -0.4 is 29.7 Å². The molecule has 10 nitrogen and oxygen atoms in total. The van der Waals surface area contributed by atoms with E-state index in [0.29, 0.717) is 55.9 Å². The number of rotatable bonds is 10. The van der Waals surface area contributed by atoms with E-state index in [1.54, 1.807) is 31.2 Å². The molecular formula is C31H31NO9S. The Bertz CT molecular complexity index is 1680. The van der Waals surface area contributed by atoms with Crippen molar-refractivity contribution in [2.75, 3.05) is 39.9 Å². The van der Waals surface area contributed by atoms with Crippen molar-refractivity contribution in [1.29, 1.82) is 0 Å². The number of aryl methyl sites for hydroxylation is 1. The van der Waals surface area contributed by atoms with Gasteiger partial charge in [0.05, 0.1) is 38.9 Å². The molecule has 11 heteroatoms. The molecule has 220 valence electrons. The maximum atomic E-state index is 13.1. The third kappa shape index (κ3) is 5.78. The summed E-state index contributed by atoms with van der Waals surface area (Å²) in [7, 11) is 4.52. The summed E-state index contributed by atoms with van der Waals surface area (Å²) in [6, 6.07) is 9.51. The molecule has 5 rings (SSSR count). The summed E-state index contributed by atoms with van der Waals surface area (Å²) in [5.74, 6) is 1.05. The molecule has 0 saturated heterocycles. The lowest BCUT2D eigenvalue weighted by molar-refractivity contribution is -0.118. The van der Waals surface area contributed by atoms with Gasteiger partial charge in [-0.15, -0.1) is 11.3 Å². The molecule has 0 fully saturated rings. The fraction of sp³-hybridized carbons (Fsp3) is 0.323. The number of fused-ring (bicyclic) bond motifs is 2. The van der Waals surface area contributed by atoms with E-state index < -0.39 is 11.9 Å². The zero-order valence-electron chi connectivity index (χ0n) is 23.8. The van der Waals surface area contributed by atoms with Gasteiger partial charge in [-0.25, -0.2) is 4.79 Å². The van der Waals surface area contributed by atoms with Crippen LogP contribution in [0.1, 0.15) is 40.6 Å². The highest BCUT2D eigenvalue weighted by atomic mass is 32.1. The SMILES string of the molecule is CCOC(=O)c1c(NC(=O)COc2ccc3oc(-c4cc(OC)c(OC)c(OC)c4)cc(=O)c3c2)sc2c1CCCC2. The van der Waals surface area contributed by atoms with E-state index in [1.165, 1.54) is 44.8 Å². The summed E-state index contributed by atoms with van der Waals surface area (Å²) in [4.78, 5) is 39.7. The lowest BCUT2D eigenvalue weighted by Crippen LogP contribution is -2.21. The third-order valence-electron chi connectivity index (χ3n) is 6.92. The number of nitrogens with one attached hydrogen (secondary N) is 1.